The number of primary amides is 1. The molecule has 0 aliphatic heterocycles. The molecule has 0 fully saturated rings. The molecule has 3 rings (SSSR count). The fourth-order valence-corrected chi connectivity index (χ4v) is 3.34. The molecule has 0 radical (unpaired) electrons. The molecule has 0 saturated carbocycles. The number of esters is 1. The van der Waals surface area contributed by atoms with Crippen molar-refractivity contribution < 1.29 is 19.1 Å². The van der Waals surface area contributed by atoms with Crippen LogP contribution in [0.3, 0.4) is 0 Å². The van der Waals surface area contributed by atoms with E-state index in [0.29, 0.717) is 37.6 Å². The second-order valence-electron chi connectivity index (χ2n) is 6.25. The van der Waals surface area contributed by atoms with E-state index in [2.05, 4.69) is 5.10 Å². The largest absolute Gasteiger partial charge is 0.400 e. The van der Waals surface area contributed by atoms with E-state index in [1.54, 1.807) is 49.4 Å². The Bertz CT molecular complexity index is 1160. The fourth-order valence-electron chi connectivity index (χ4n) is 2.72. The zero-order chi connectivity index (χ0) is 22.0. The molecule has 1 amide bonds. The number of hydrogen-bond acceptors (Lipinski definition) is 5. The average molecular weight is 467 g/mol. The molecule has 0 bridgehead atoms. The summed E-state index contributed by atoms with van der Waals surface area (Å²) in [6, 6.07) is 11.7. The quantitative estimate of drug-likeness (QED) is 0.334. The van der Waals surface area contributed by atoms with Crippen LogP contribution in [0.15, 0.2) is 42.5 Å². The molecule has 0 aliphatic carbocycles. The average Bonchev–Trinajstić information content (AvgIpc) is 2.98. The van der Waals surface area contributed by atoms with Crippen LogP contribution in [0.1, 0.15) is 12.0 Å². The van der Waals surface area contributed by atoms with Crippen molar-refractivity contribution in [3.05, 3.63) is 63.1 Å². The van der Waals surface area contributed by atoms with Crippen LogP contribution in [-0.2, 0) is 14.4 Å². The smallest absolute Gasteiger partial charge is 0.381 e. The van der Waals surface area contributed by atoms with Gasteiger partial charge in [0.05, 0.1) is 22.8 Å². The minimum atomic E-state index is -1.24. The van der Waals surface area contributed by atoms with Crippen molar-refractivity contribution in [3.63, 3.8) is 0 Å². The first-order valence-electron chi connectivity index (χ1n) is 8.51. The van der Waals surface area contributed by atoms with E-state index in [-0.39, 0.29) is 5.88 Å². The Labute approximate surface area is 186 Å². The second-order valence-corrected chi connectivity index (χ2v) is 7.53. The lowest BCUT2D eigenvalue weighted by molar-refractivity contribution is -0.148. The third-order valence-corrected chi connectivity index (χ3v) is 4.88. The van der Waals surface area contributed by atoms with Crippen molar-refractivity contribution in [2.24, 2.45) is 5.73 Å². The van der Waals surface area contributed by atoms with E-state index in [1.165, 1.54) is 4.68 Å². The second kappa shape index (κ2) is 8.87. The van der Waals surface area contributed by atoms with Gasteiger partial charge in [-0.2, -0.15) is 0 Å². The molecule has 0 spiro atoms. The summed E-state index contributed by atoms with van der Waals surface area (Å²) in [4.78, 5) is 34.7. The third-order valence-electron chi connectivity index (χ3n) is 4.09. The molecule has 0 atom stereocenters. The van der Waals surface area contributed by atoms with E-state index in [1.807, 2.05) is 0 Å². The molecule has 1 heterocycles. The van der Waals surface area contributed by atoms with E-state index in [9.17, 15) is 14.4 Å². The summed E-state index contributed by atoms with van der Waals surface area (Å²) in [5, 5.41) is 5.60. The maximum absolute atomic E-state index is 12.1. The molecule has 7 nitrogen and oxygen atoms in total. The minimum Gasteiger partial charge on any atom is -0.400 e. The van der Waals surface area contributed by atoms with E-state index >= 15 is 0 Å². The predicted molar refractivity (Wildman–Crippen MR) is 113 cm³/mol. The maximum Gasteiger partial charge on any atom is 0.381 e. The number of Topliss-reactive ketones (excluding diaryl/α,β-unsaturated/α-hetero) is 1. The molecule has 30 heavy (non-hydrogen) atoms. The van der Waals surface area contributed by atoms with Gasteiger partial charge in [0.1, 0.15) is 0 Å². The van der Waals surface area contributed by atoms with Crippen LogP contribution >= 0.6 is 34.8 Å². The number of rotatable bonds is 6. The summed E-state index contributed by atoms with van der Waals surface area (Å²) < 4.78 is 6.61. The Kier molecular flexibility index (Phi) is 6.45. The molecular formula is C20H14Cl3N3O4. The normalized spacial score (nSPS) is 10.7. The van der Waals surface area contributed by atoms with Crippen LogP contribution in [0.2, 0.25) is 15.1 Å². The highest BCUT2D eigenvalue weighted by Crippen LogP contribution is 2.35. The lowest BCUT2D eigenvalue weighted by Gasteiger charge is -2.10. The van der Waals surface area contributed by atoms with Crippen LogP contribution in [0, 0.1) is 6.92 Å². The van der Waals surface area contributed by atoms with Crippen molar-refractivity contribution in [1.29, 1.82) is 0 Å². The third kappa shape index (κ3) is 4.64. The molecule has 10 heteroatoms. The number of ketones is 1. The number of nitrogens with zero attached hydrogens (tertiary/aromatic N) is 2. The van der Waals surface area contributed by atoms with Crippen LogP contribution in [0.25, 0.3) is 16.9 Å². The zero-order valence-electron chi connectivity index (χ0n) is 15.5. The van der Waals surface area contributed by atoms with Crippen LogP contribution in [0.5, 0.6) is 5.88 Å². The summed E-state index contributed by atoms with van der Waals surface area (Å²) in [6.45, 7) is 1.67. The van der Waals surface area contributed by atoms with Gasteiger partial charge in [0, 0.05) is 21.2 Å². The Balaban J connectivity index is 2.12. The van der Waals surface area contributed by atoms with Gasteiger partial charge < -0.3 is 10.5 Å². The Hall–Kier alpha value is -2.87. The fraction of sp³-hybridized carbons (Fsp3) is 0.100. The summed E-state index contributed by atoms with van der Waals surface area (Å²) in [6.07, 6.45) is -0.758. The number of ether oxygens (including phenoxy) is 1. The number of amides is 1. The number of benzene rings is 2. The minimum absolute atomic E-state index is 0.117. The van der Waals surface area contributed by atoms with E-state index in [0.717, 1.165) is 0 Å². The number of nitrogens with two attached hydrogens (primary N) is 1. The topological polar surface area (TPSA) is 104 Å². The van der Waals surface area contributed by atoms with Crippen LogP contribution in [0.4, 0.5) is 0 Å². The van der Waals surface area contributed by atoms with Crippen molar-refractivity contribution in [1.82, 2.24) is 9.78 Å². The summed E-state index contributed by atoms with van der Waals surface area (Å²) in [5.41, 5.74) is 7.15. The van der Waals surface area contributed by atoms with Crippen LogP contribution < -0.4 is 10.5 Å². The lowest BCUT2D eigenvalue weighted by atomic mass is 10.1. The highest BCUT2D eigenvalue weighted by atomic mass is 35.5. The first-order chi connectivity index (χ1) is 14.2. The lowest BCUT2D eigenvalue weighted by Crippen LogP contribution is -2.26. The highest BCUT2D eigenvalue weighted by molar-refractivity contribution is 6.37. The van der Waals surface area contributed by atoms with E-state index in [4.69, 9.17) is 45.3 Å². The zero-order valence-corrected chi connectivity index (χ0v) is 17.8. The monoisotopic (exact) mass is 465 g/mol. The number of halogens is 3. The predicted octanol–water partition coefficient (Wildman–Crippen LogP) is 4.16. The maximum atomic E-state index is 12.1. The number of aromatic nitrogens is 2. The Morgan fingerprint density at radius 1 is 1.03 bits per heavy atom. The van der Waals surface area contributed by atoms with Gasteiger partial charge in [0.15, 0.2) is 0 Å². The van der Waals surface area contributed by atoms with Crippen molar-refractivity contribution in [2.75, 3.05) is 0 Å². The van der Waals surface area contributed by atoms with Gasteiger partial charge in [-0.15, -0.1) is 5.10 Å². The summed E-state index contributed by atoms with van der Waals surface area (Å²) in [7, 11) is 0. The molecule has 154 valence electrons. The number of hydrogen-bond donors (Lipinski definition) is 1. The van der Waals surface area contributed by atoms with Gasteiger partial charge in [0.2, 0.25) is 17.6 Å². The molecule has 3 aromatic rings. The highest BCUT2D eigenvalue weighted by Gasteiger charge is 2.25. The standard InChI is InChI=1S/C20H14Cl3N3O4/c1-10-18(11-2-4-12(21)5-3-11)26(15-7-6-13(22)8-14(15)23)25-19(10)30-20(29)16(27)9-17(24)28/h2-8H,9H2,1H3,(H2,24,28). The summed E-state index contributed by atoms with van der Waals surface area (Å²) >= 11 is 18.3. The first kappa shape index (κ1) is 21.8. The van der Waals surface area contributed by atoms with Gasteiger partial charge in [-0.25, -0.2) is 9.48 Å². The van der Waals surface area contributed by atoms with Crippen LogP contribution in [-0.4, -0.2) is 27.4 Å². The summed E-state index contributed by atoms with van der Waals surface area (Å²) in [5.74, 6) is -3.37. The molecule has 0 aliphatic rings. The van der Waals surface area contributed by atoms with Gasteiger partial charge in [-0.05, 0) is 37.3 Å². The molecule has 2 aromatic carbocycles. The van der Waals surface area contributed by atoms with Crippen molar-refractivity contribution in [2.45, 2.75) is 13.3 Å². The molecular weight excluding hydrogens is 453 g/mol. The molecule has 0 unspecified atom stereocenters. The Morgan fingerprint density at radius 2 is 1.67 bits per heavy atom. The molecule has 1 aromatic heterocycles. The SMILES string of the molecule is Cc1c(OC(=O)C(=O)CC(N)=O)nn(-c2ccc(Cl)cc2Cl)c1-c1ccc(Cl)cc1. The molecule has 2 N–H and O–H groups in total. The van der Waals surface area contributed by atoms with Gasteiger partial charge in [-0.1, -0.05) is 46.9 Å². The molecule has 0 saturated heterocycles. The van der Waals surface area contributed by atoms with Gasteiger partial charge in [0.25, 0.3) is 0 Å². The van der Waals surface area contributed by atoms with Crippen molar-refractivity contribution in [3.8, 4) is 22.8 Å². The number of carbonyl (C=O) groups is 3. The first-order valence-corrected chi connectivity index (χ1v) is 9.65. The number of carbonyl (C=O) groups excluding carboxylic acids is 3. The van der Waals surface area contributed by atoms with Gasteiger partial charge in [-0.3, -0.25) is 9.59 Å². The Morgan fingerprint density at radius 3 is 2.27 bits per heavy atom. The van der Waals surface area contributed by atoms with Crippen molar-refractivity contribution >= 4 is 52.5 Å². The van der Waals surface area contributed by atoms with Gasteiger partial charge >= 0.3 is 5.97 Å². The van der Waals surface area contributed by atoms with E-state index < -0.39 is 24.1 Å².